The highest BCUT2D eigenvalue weighted by atomic mass is 19.4. The molecule has 190 valence electrons. The van der Waals surface area contributed by atoms with Crippen molar-refractivity contribution < 1.29 is 32.2 Å². The van der Waals surface area contributed by atoms with Crippen LogP contribution in [0.15, 0.2) is 103 Å². The molecule has 0 heterocycles. The zero-order chi connectivity index (χ0) is 26.1. The number of ether oxygens (including phenoxy) is 3. The van der Waals surface area contributed by atoms with Crippen LogP contribution in [-0.4, -0.2) is 5.97 Å². The number of hydrogen-bond donors (Lipinski definition) is 0. The Labute approximate surface area is 213 Å². The molecule has 0 aliphatic carbocycles. The van der Waals surface area contributed by atoms with Crippen LogP contribution in [-0.2, 0) is 35.3 Å². The van der Waals surface area contributed by atoms with Gasteiger partial charge in [-0.2, -0.15) is 13.2 Å². The Kier molecular flexibility index (Phi) is 8.46. The van der Waals surface area contributed by atoms with Gasteiger partial charge in [0.25, 0.3) is 0 Å². The van der Waals surface area contributed by atoms with Crippen molar-refractivity contribution in [2.45, 2.75) is 32.2 Å². The lowest BCUT2D eigenvalue weighted by molar-refractivity contribution is -0.145. The number of carbonyl (C=O) groups is 1. The van der Waals surface area contributed by atoms with Crippen molar-refractivity contribution in [3.05, 3.63) is 125 Å². The van der Waals surface area contributed by atoms with Gasteiger partial charge in [0.15, 0.2) is 0 Å². The van der Waals surface area contributed by atoms with Gasteiger partial charge in [-0.3, -0.25) is 4.79 Å². The number of benzene rings is 4. The number of carbonyl (C=O) groups excluding carboxylic acids is 1. The van der Waals surface area contributed by atoms with E-state index >= 15 is 0 Å². The fraction of sp³-hybridized carbons (Fsp3) is 0.167. The Morgan fingerprint density at radius 2 is 1.24 bits per heavy atom. The molecule has 0 saturated heterocycles. The lowest BCUT2D eigenvalue weighted by Crippen LogP contribution is -2.06. The fourth-order valence-corrected chi connectivity index (χ4v) is 3.54. The third kappa shape index (κ3) is 8.14. The molecule has 0 bridgehead atoms. The molecule has 4 aromatic carbocycles. The standard InChI is InChI=1S/C30H25F3O4/c31-30(32,33)25-17-27(35-20-23-7-3-1-4-8-23)19-28(18-25)37-26-14-11-22(12-15-26)13-16-29(34)36-21-24-9-5-2-6-10-24/h1-12,14-15,17-19H,13,16,20-21H2. The summed E-state index contributed by atoms with van der Waals surface area (Å²) in [6.45, 7) is 0.352. The Morgan fingerprint density at radius 1 is 0.649 bits per heavy atom. The van der Waals surface area contributed by atoms with E-state index in [1.165, 1.54) is 6.07 Å². The van der Waals surface area contributed by atoms with E-state index in [-0.39, 0.29) is 37.1 Å². The maximum atomic E-state index is 13.5. The van der Waals surface area contributed by atoms with Crippen LogP contribution >= 0.6 is 0 Å². The van der Waals surface area contributed by atoms with Gasteiger partial charge in [-0.1, -0.05) is 72.8 Å². The molecule has 0 fully saturated rings. The van der Waals surface area contributed by atoms with E-state index in [9.17, 15) is 18.0 Å². The van der Waals surface area contributed by atoms with E-state index in [1.807, 2.05) is 60.7 Å². The summed E-state index contributed by atoms with van der Waals surface area (Å²) in [4.78, 5) is 12.0. The molecule has 0 amide bonds. The summed E-state index contributed by atoms with van der Waals surface area (Å²) in [5, 5.41) is 0. The van der Waals surface area contributed by atoms with Crippen LogP contribution in [0.4, 0.5) is 13.2 Å². The summed E-state index contributed by atoms with van der Waals surface area (Å²) in [6.07, 6.45) is -3.87. The summed E-state index contributed by atoms with van der Waals surface area (Å²) in [5.74, 6) is 0.120. The minimum absolute atomic E-state index is 0.00938. The van der Waals surface area contributed by atoms with Crippen LogP contribution < -0.4 is 9.47 Å². The minimum Gasteiger partial charge on any atom is -0.489 e. The third-order valence-electron chi connectivity index (χ3n) is 5.48. The van der Waals surface area contributed by atoms with Crippen LogP contribution in [0.1, 0.15) is 28.7 Å². The predicted molar refractivity (Wildman–Crippen MR) is 133 cm³/mol. The summed E-state index contributed by atoms with van der Waals surface area (Å²) in [6, 6.07) is 28.7. The molecule has 7 heteroatoms. The van der Waals surface area contributed by atoms with Gasteiger partial charge < -0.3 is 14.2 Å². The zero-order valence-corrected chi connectivity index (χ0v) is 19.9. The number of halogens is 3. The first-order chi connectivity index (χ1) is 17.8. The summed E-state index contributed by atoms with van der Waals surface area (Å²) in [5.41, 5.74) is 1.76. The highest BCUT2D eigenvalue weighted by Crippen LogP contribution is 2.36. The monoisotopic (exact) mass is 506 g/mol. The topological polar surface area (TPSA) is 44.8 Å². The summed E-state index contributed by atoms with van der Waals surface area (Å²) < 4.78 is 57.0. The first-order valence-electron chi connectivity index (χ1n) is 11.7. The van der Waals surface area contributed by atoms with Crippen molar-refractivity contribution >= 4 is 5.97 Å². The molecule has 0 saturated carbocycles. The average molecular weight is 507 g/mol. The highest BCUT2D eigenvalue weighted by Gasteiger charge is 2.32. The van der Waals surface area contributed by atoms with Crippen molar-refractivity contribution in [3.63, 3.8) is 0 Å². The first kappa shape index (κ1) is 25.8. The maximum absolute atomic E-state index is 13.5. The van der Waals surface area contributed by atoms with Crippen LogP contribution in [0.2, 0.25) is 0 Å². The molecule has 0 spiro atoms. The van der Waals surface area contributed by atoms with Crippen molar-refractivity contribution in [2.24, 2.45) is 0 Å². The second kappa shape index (κ2) is 12.1. The largest absolute Gasteiger partial charge is 0.489 e. The van der Waals surface area contributed by atoms with Crippen LogP contribution in [0.25, 0.3) is 0 Å². The molecule has 4 nitrogen and oxygen atoms in total. The van der Waals surface area contributed by atoms with Crippen LogP contribution in [0, 0.1) is 0 Å². The van der Waals surface area contributed by atoms with E-state index in [4.69, 9.17) is 14.2 Å². The SMILES string of the molecule is O=C(CCc1ccc(Oc2cc(OCc3ccccc3)cc(C(F)(F)F)c2)cc1)OCc1ccccc1. The number of aryl methyl sites for hydroxylation is 1. The predicted octanol–water partition coefficient (Wildman–Crippen LogP) is 7.75. The van der Waals surface area contributed by atoms with E-state index in [0.29, 0.717) is 12.2 Å². The van der Waals surface area contributed by atoms with Gasteiger partial charge in [0.05, 0.1) is 5.56 Å². The van der Waals surface area contributed by atoms with Gasteiger partial charge in [-0.15, -0.1) is 0 Å². The van der Waals surface area contributed by atoms with Gasteiger partial charge in [0.2, 0.25) is 0 Å². The Hall–Kier alpha value is -4.26. The molecule has 0 aliphatic heterocycles. The number of esters is 1. The molecule has 37 heavy (non-hydrogen) atoms. The molecule has 4 aromatic rings. The number of rotatable bonds is 10. The first-order valence-corrected chi connectivity index (χ1v) is 11.7. The second-order valence-electron chi connectivity index (χ2n) is 8.36. The van der Waals surface area contributed by atoms with Crippen LogP contribution in [0.3, 0.4) is 0 Å². The van der Waals surface area contributed by atoms with Crippen molar-refractivity contribution in [3.8, 4) is 17.2 Å². The van der Waals surface area contributed by atoms with Crippen LogP contribution in [0.5, 0.6) is 17.2 Å². The molecule has 0 unspecified atom stereocenters. The quantitative estimate of drug-likeness (QED) is 0.206. The summed E-state index contributed by atoms with van der Waals surface area (Å²) in [7, 11) is 0. The van der Waals surface area contributed by atoms with Crippen molar-refractivity contribution in [1.29, 1.82) is 0 Å². The molecule has 0 aromatic heterocycles. The van der Waals surface area contributed by atoms with E-state index in [2.05, 4.69) is 0 Å². The Balaban J connectivity index is 1.35. The van der Waals surface area contributed by atoms with Crippen molar-refractivity contribution in [2.75, 3.05) is 0 Å². The second-order valence-corrected chi connectivity index (χ2v) is 8.36. The molecular weight excluding hydrogens is 481 g/mol. The fourth-order valence-electron chi connectivity index (χ4n) is 3.54. The van der Waals surface area contributed by atoms with E-state index in [0.717, 1.165) is 28.8 Å². The molecule has 0 N–H and O–H groups in total. The van der Waals surface area contributed by atoms with E-state index < -0.39 is 11.7 Å². The zero-order valence-electron chi connectivity index (χ0n) is 19.9. The highest BCUT2D eigenvalue weighted by molar-refractivity contribution is 5.69. The van der Waals surface area contributed by atoms with Crippen molar-refractivity contribution in [1.82, 2.24) is 0 Å². The number of hydrogen-bond acceptors (Lipinski definition) is 4. The average Bonchev–Trinajstić information content (AvgIpc) is 2.91. The van der Waals surface area contributed by atoms with Gasteiger partial charge in [-0.05, 0) is 47.4 Å². The molecule has 0 atom stereocenters. The lowest BCUT2D eigenvalue weighted by atomic mass is 10.1. The van der Waals surface area contributed by atoms with Gasteiger partial charge in [-0.25, -0.2) is 0 Å². The third-order valence-corrected chi connectivity index (χ3v) is 5.48. The van der Waals surface area contributed by atoms with Gasteiger partial charge in [0, 0.05) is 12.5 Å². The Bertz CT molecular complexity index is 1290. The molecule has 4 rings (SSSR count). The normalized spacial score (nSPS) is 11.1. The smallest absolute Gasteiger partial charge is 0.416 e. The minimum atomic E-state index is -4.55. The molecular formula is C30H25F3O4. The molecule has 0 radical (unpaired) electrons. The molecule has 0 aliphatic rings. The van der Waals surface area contributed by atoms with Gasteiger partial charge >= 0.3 is 12.1 Å². The summed E-state index contributed by atoms with van der Waals surface area (Å²) >= 11 is 0. The van der Waals surface area contributed by atoms with E-state index in [1.54, 1.807) is 24.3 Å². The number of alkyl halides is 3. The maximum Gasteiger partial charge on any atom is 0.416 e. The Morgan fingerprint density at radius 3 is 1.86 bits per heavy atom. The van der Waals surface area contributed by atoms with Gasteiger partial charge in [0.1, 0.15) is 30.5 Å². The lowest BCUT2D eigenvalue weighted by Gasteiger charge is -2.14.